The summed E-state index contributed by atoms with van der Waals surface area (Å²) >= 11 is 18.4. The predicted molar refractivity (Wildman–Crippen MR) is 102 cm³/mol. The molecule has 0 spiro atoms. The van der Waals surface area contributed by atoms with Crippen molar-refractivity contribution < 1.29 is 13.9 Å². The van der Waals surface area contributed by atoms with Crippen molar-refractivity contribution in [1.82, 2.24) is 5.32 Å². The van der Waals surface area contributed by atoms with Gasteiger partial charge in [-0.15, -0.1) is 0 Å². The number of benzene rings is 2. The van der Waals surface area contributed by atoms with E-state index in [1.165, 1.54) is 12.1 Å². The molecule has 1 aliphatic heterocycles. The summed E-state index contributed by atoms with van der Waals surface area (Å²) in [6.07, 6.45) is 1.43. The van der Waals surface area contributed by atoms with Gasteiger partial charge in [0.25, 0.3) is 5.91 Å². The highest BCUT2D eigenvalue weighted by Gasteiger charge is 2.36. The summed E-state index contributed by atoms with van der Waals surface area (Å²) in [4.78, 5) is 12.5. The molecule has 1 fully saturated rings. The fourth-order valence-electron chi connectivity index (χ4n) is 3.24. The number of amides is 1. The Bertz CT molecular complexity index is 822. The molecule has 0 atom stereocenters. The van der Waals surface area contributed by atoms with Gasteiger partial charge in [0, 0.05) is 35.2 Å². The van der Waals surface area contributed by atoms with Crippen LogP contribution in [0.1, 0.15) is 28.8 Å². The van der Waals surface area contributed by atoms with Gasteiger partial charge in [0.15, 0.2) is 0 Å². The molecule has 0 unspecified atom stereocenters. The lowest BCUT2D eigenvalue weighted by atomic mass is 9.74. The highest BCUT2D eigenvalue weighted by Crippen LogP contribution is 2.39. The maximum absolute atomic E-state index is 13.2. The molecule has 3 nitrogen and oxygen atoms in total. The first-order valence-corrected chi connectivity index (χ1v) is 9.31. The van der Waals surface area contributed by atoms with E-state index >= 15 is 0 Å². The van der Waals surface area contributed by atoms with E-state index in [9.17, 15) is 9.18 Å². The Balaban J connectivity index is 1.84. The zero-order valence-electron chi connectivity index (χ0n) is 13.8. The maximum Gasteiger partial charge on any atom is 0.252 e. The molecule has 0 saturated carbocycles. The number of halogens is 4. The lowest BCUT2D eigenvalue weighted by molar-refractivity contribution is 0.0487. The molecule has 0 aliphatic carbocycles. The van der Waals surface area contributed by atoms with E-state index < -0.39 is 5.82 Å². The molecule has 2 aromatic rings. The smallest absolute Gasteiger partial charge is 0.252 e. The first-order valence-electron chi connectivity index (χ1n) is 8.18. The van der Waals surface area contributed by atoms with Crippen LogP contribution in [0.4, 0.5) is 4.39 Å². The zero-order valence-corrected chi connectivity index (χ0v) is 16.1. The third kappa shape index (κ3) is 4.15. The standard InChI is InChI=1S/C19H17Cl3FNO2/c20-12-1-4-15(17(22)9-12)19(5-7-26-8-6-19)11-24-18(25)14-3-2-13(23)10-16(14)21/h1-4,9-10H,5-8,11H2,(H,24,25). The van der Waals surface area contributed by atoms with Crippen molar-refractivity contribution in [1.29, 1.82) is 0 Å². The molecular formula is C19H17Cl3FNO2. The van der Waals surface area contributed by atoms with E-state index in [0.29, 0.717) is 42.6 Å². The van der Waals surface area contributed by atoms with Crippen molar-refractivity contribution in [2.75, 3.05) is 19.8 Å². The van der Waals surface area contributed by atoms with Crippen LogP contribution in [0, 0.1) is 5.82 Å². The van der Waals surface area contributed by atoms with Gasteiger partial charge in [-0.25, -0.2) is 4.39 Å². The van der Waals surface area contributed by atoms with Crippen molar-refractivity contribution >= 4 is 40.7 Å². The average molecular weight is 417 g/mol. The summed E-state index contributed by atoms with van der Waals surface area (Å²) < 4.78 is 18.7. The van der Waals surface area contributed by atoms with Crippen molar-refractivity contribution in [2.45, 2.75) is 18.3 Å². The Labute approximate surface area is 166 Å². The summed E-state index contributed by atoms with van der Waals surface area (Å²) in [6, 6.07) is 9.09. The van der Waals surface area contributed by atoms with Gasteiger partial charge < -0.3 is 10.1 Å². The van der Waals surface area contributed by atoms with Gasteiger partial charge in [0.1, 0.15) is 5.82 Å². The molecule has 138 valence electrons. The van der Waals surface area contributed by atoms with Crippen LogP contribution in [0.5, 0.6) is 0 Å². The molecule has 26 heavy (non-hydrogen) atoms. The van der Waals surface area contributed by atoms with E-state index in [1.807, 2.05) is 6.07 Å². The van der Waals surface area contributed by atoms with Crippen LogP contribution >= 0.6 is 34.8 Å². The molecule has 3 rings (SSSR count). The highest BCUT2D eigenvalue weighted by molar-refractivity contribution is 6.35. The van der Waals surface area contributed by atoms with Crippen LogP contribution in [0.3, 0.4) is 0 Å². The van der Waals surface area contributed by atoms with Gasteiger partial charge in [-0.05, 0) is 48.7 Å². The largest absolute Gasteiger partial charge is 0.381 e. The molecule has 1 amide bonds. The summed E-state index contributed by atoms with van der Waals surface area (Å²) in [6.45, 7) is 1.52. The van der Waals surface area contributed by atoms with Crippen LogP contribution in [0.15, 0.2) is 36.4 Å². The monoisotopic (exact) mass is 415 g/mol. The second-order valence-electron chi connectivity index (χ2n) is 6.32. The number of hydrogen-bond donors (Lipinski definition) is 1. The zero-order chi connectivity index (χ0) is 18.7. The third-order valence-electron chi connectivity index (χ3n) is 4.72. The summed E-state index contributed by atoms with van der Waals surface area (Å²) in [5.41, 5.74) is 0.803. The quantitative estimate of drug-likeness (QED) is 0.738. The van der Waals surface area contributed by atoms with Crippen LogP contribution in [0.2, 0.25) is 15.1 Å². The first-order chi connectivity index (χ1) is 12.4. The summed E-state index contributed by atoms with van der Waals surface area (Å²) in [5, 5.41) is 4.12. The Hall–Kier alpha value is -1.33. The van der Waals surface area contributed by atoms with E-state index in [4.69, 9.17) is 39.5 Å². The van der Waals surface area contributed by atoms with Gasteiger partial charge in [0.2, 0.25) is 0 Å². The van der Waals surface area contributed by atoms with Gasteiger partial charge in [0.05, 0.1) is 10.6 Å². The van der Waals surface area contributed by atoms with Gasteiger partial charge >= 0.3 is 0 Å². The van der Waals surface area contributed by atoms with Crippen LogP contribution in [-0.2, 0) is 10.2 Å². The Morgan fingerprint density at radius 1 is 1.08 bits per heavy atom. The minimum atomic E-state index is -0.486. The normalized spacial score (nSPS) is 16.3. The SMILES string of the molecule is O=C(NCC1(c2ccc(Cl)cc2Cl)CCOCC1)c1ccc(F)cc1Cl. The molecule has 0 bridgehead atoms. The molecule has 1 saturated heterocycles. The van der Waals surface area contributed by atoms with Crippen LogP contribution in [0.25, 0.3) is 0 Å². The molecular weight excluding hydrogens is 400 g/mol. The Kier molecular flexibility index (Phi) is 6.08. The molecule has 7 heteroatoms. The minimum Gasteiger partial charge on any atom is -0.381 e. The fourth-order valence-corrected chi connectivity index (χ4v) is 4.10. The van der Waals surface area contributed by atoms with Gasteiger partial charge in [-0.1, -0.05) is 40.9 Å². The van der Waals surface area contributed by atoms with Gasteiger partial charge in [-0.3, -0.25) is 4.79 Å². The van der Waals surface area contributed by atoms with Crippen LogP contribution in [-0.4, -0.2) is 25.7 Å². The second-order valence-corrected chi connectivity index (χ2v) is 7.57. The molecule has 0 aromatic heterocycles. The fraction of sp³-hybridized carbons (Fsp3) is 0.316. The predicted octanol–water partition coefficient (Wildman–Crippen LogP) is 5.26. The van der Waals surface area contributed by atoms with E-state index in [0.717, 1.165) is 11.6 Å². The summed E-state index contributed by atoms with van der Waals surface area (Å²) in [5.74, 6) is -0.841. The lowest BCUT2D eigenvalue weighted by Gasteiger charge is -2.38. The molecule has 1 aliphatic rings. The van der Waals surface area contributed by atoms with Crippen molar-refractivity contribution in [3.05, 3.63) is 68.4 Å². The number of carbonyl (C=O) groups is 1. The van der Waals surface area contributed by atoms with Crippen molar-refractivity contribution in [2.24, 2.45) is 0 Å². The van der Waals surface area contributed by atoms with E-state index in [1.54, 1.807) is 12.1 Å². The number of rotatable bonds is 4. The van der Waals surface area contributed by atoms with Crippen molar-refractivity contribution in [3.63, 3.8) is 0 Å². The maximum atomic E-state index is 13.2. The average Bonchev–Trinajstić information content (AvgIpc) is 2.60. The van der Waals surface area contributed by atoms with E-state index in [2.05, 4.69) is 5.32 Å². The minimum absolute atomic E-state index is 0.0769. The number of ether oxygens (including phenoxy) is 1. The number of hydrogen-bond acceptors (Lipinski definition) is 2. The molecule has 1 N–H and O–H groups in total. The summed E-state index contributed by atoms with van der Waals surface area (Å²) in [7, 11) is 0. The molecule has 1 heterocycles. The van der Waals surface area contributed by atoms with E-state index in [-0.39, 0.29) is 21.9 Å². The second kappa shape index (κ2) is 8.13. The van der Waals surface area contributed by atoms with Gasteiger partial charge in [-0.2, -0.15) is 0 Å². The first kappa shape index (κ1) is 19.4. The van der Waals surface area contributed by atoms with Crippen molar-refractivity contribution in [3.8, 4) is 0 Å². The molecule has 2 aromatic carbocycles. The number of nitrogens with one attached hydrogen (secondary N) is 1. The Morgan fingerprint density at radius 2 is 1.81 bits per heavy atom. The highest BCUT2D eigenvalue weighted by atomic mass is 35.5. The third-order valence-corrected chi connectivity index (χ3v) is 5.58. The molecule has 0 radical (unpaired) electrons. The number of carbonyl (C=O) groups excluding carboxylic acids is 1. The Morgan fingerprint density at radius 3 is 2.46 bits per heavy atom. The lowest BCUT2D eigenvalue weighted by Crippen LogP contribution is -2.44. The van der Waals surface area contributed by atoms with Crippen LogP contribution < -0.4 is 5.32 Å². The topological polar surface area (TPSA) is 38.3 Å².